The number of hydrogen-bond acceptors (Lipinski definition) is 6. The van der Waals surface area contributed by atoms with Crippen LogP contribution in [0.3, 0.4) is 0 Å². The Labute approximate surface area is 131 Å². The summed E-state index contributed by atoms with van der Waals surface area (Å²) in [4.78, 5) is 35.0. The molecule has 7 heteroatoms. The lowest BCUT2D eigenvalue weighted by molar-refractivity contribution is -0.145. The highest BCUT2D eigenvalue weighted by atomic mass is 16.5. The van der Waals surface area contributed by atoms with Gasteiger partial charge in [-0.2, -0.15) is 0 Å². The molecule has 0 atom stereocenters. The fraction of sp³-hybridized carbons (Fsp3) is 0.800. The van der Waals surface area contributed by atoms with Gasteiger partial charge < -0.3 is 14.6 Å². The van der Waals surface area contributed by atoms with Crippen molar-refractivity contribution in [3.05, 3.63) is 0 Å². The van der Waals surface area contributed by atoms with Gasteiger partial charge in [0, 0.05) is 32.5 Å². The van der Waals surface area contributed by atoms with Crippen molar-refractivity contribution in [1.29, 1.82) is 0 Å². The zero-order valence-corrected chi connectivity index (χ0v) is 13.5. The monoisotopic (exact) mass is 317 g/mol. The van der Waals surface area contributed by atoms with Gasteiger partial charge in [0.2, 0.25) is 0 Å². The van der Waals surface area contributed by atoms with Crippen LogP contribution in [0.25, 0.3) is 0 Å². The molecule has 0 aromatic carbocycles. The van der Waals surface area contributed by atoms with E-state index in [1.807, 2.05) is 18.7 Å². The molecule has 0 aromatic rings. The predicted molar refractivity (Wildman–Crippen MR) is 80.4 cm³/mol. The summed E-state index contributed by atoms with van der Waals surface area (Å²) >= 11 is 0. The number of carboxylic acid groups (broad SMARTS) is 1. The van der Waals surface area contributed by atoms with E-state index in [0.717, 1.165) is 12.8 Å². The Morgan fingerprint density at radius 2 is 1.27 bits per heavy atom. The number of carbonyl (C=O) groups excluding carboxylic acids is 2. The predicted octanol–water partition coefficient (Wildman–Crippen LogP) is 1.45. The number of carboxylic acids is 1. The molecule has 0 rings (SSSR count). The van der Waals surface area contributed by atoms with Crippen LogP contribution in [0.15, 0.2) is 0 Å². The van der Waals surface area contributed by atoms with E-state index in [1.165, 1.54) is 0 Å². The molecule has 0 radical (unpaired) electrons. The second-order valence-corrected chi connectivity index (χ2v) is 4.93. The number of rotatable bonds is 13. The van der Waals surface area contributed by atoms with Gasteiger partial charge in [-0.05, 0) is 12.8 Å². The molecule has 128 valence electrons. The third-order valence-corrected chi connectivity index (χ3v) is 2.89. The van der Waals surface area contributed by atoms with E-state index in [-0.39, 0.29) is 31.6 Å². The third-order valence-electron chi connectivity index (χ3n) is 2.89. The molecule has 0 unspecified atom stereocenters. The second-order valence-electron chi connectivity index (χ2n) is 4.93. The Hall–Kier alpha value is -1.63. The van der Waals surface area contributed by atoms with Crippen molar-refractivity contribution in [2.75, 3.05) is 32.8 Å². The maximum absolute atomic E-state index is 11.3. The molecule has 22 heavy (non-hydrogen) atoms. The first-order valence-corrected chi connectivity index (χ1v) is 7.75. The topological polar surface area (TPSA) is 93.1 Å². The van der Waals surface area contributed by atoms with Crippen LogP contribution in [-0.2, 0) is 23.9 Å². The van der Waals surface area contributed by atoms with E-state index in [0.29, 0.717) is 32.5 Å². The van der Waals surface area contributed by atoms with Gasteiger partial charge in [-0.1, -0.05) is 13.8 Å². The van der Waals surface area contributed by atoms with Gasteiger partial charge >= 0.3 is 17.9 Å². The number of hydrogen-bond donors (Lipinski definition) is 1. The van der Waals surface area contributed by atoms with Gasteiger partial charge in [-0.15, -0.1) is 0 Å². The summed E-state index contributed by atoms with van der Waals surface area (Å²) in [5.41, 5.74) is 0. The summed E-state index contributed by atoms with van der Waals surface area (Å²) < 4.78 is 10.1. The van der Waals surface area contributed by atoms with Crippen LogP contribution in [0, 0.1) is 0 Å². The first kappa shape index (κ1) is 20.4. The van der Waals surface area contributed by atoms with E-state index >= 15 is 0 Å². The van der Waals surface area contributed by atoms with Crippen molar-refractivity contribution >= 4 is 17.9 Å². The van der Waals surface area contributed by atoms with E-state index in [2.05, 4.69) is 0 Å². The van der Waals surface area contributed by atoms with E-state index < -0.39 is 5.97 Å². The Bertz CT molecular complexity index is 321. The molecular formula is C15H27NO6. The lowest BCUT2D eigenvalue weighted by Gasteiger charge is -2.21. The minimum atomic E-state index is -0.893. The summed E-state index contributed by atoms with van der Waals surface area (Å²) in [6.07, 6.45) is 2.21. The zero-order chi connectivity index (χ0) is 16.8. The molecule has 0 saturated heterocycles. The van der Waals surface area contributed by atoms with Crippen molar-refractivity contribution in [1.82, 2.24) is 4.90 Å². The summed E-state index contributed by atoms with van der Waals surface area (Å²) in [5.74, 6) is -1.40. The summed E-state index contributed by atoms with van der Waals surface area (Å²) in [5, 5.41) is 8.73. The normalized spacial score (nSPS) is 10.5. The van der Waals surface area contributed by atoms with Crippen LogP contribution in [0.4, 0.5) is 0 Å². The standard InChI is InChI=1S/C15H27NO6/c1-3-5-14(19)21-11-9-16(8-7-13(17)18)10-12-22-15(20)6-4-2/h3-12H2,1-2H3,(H,17,18). The fourth-order valence-electron chi connectivity index (χ4n) is 1.72. The Balaban J connectivity index is 4.05. The van der Waals surface area contributed by atoms with Crippen LogP contribution in [0.1, 0.15) is 46.0 Å². The molecule has 0 aliphatic carbocycles. The van der Waals surface area contributed by atoms with Gasteiger partial charge in [0.25, 0.3) is 0 Å². The van der Waals surface area contributed by atoms with Crippen molar-refractivity contribution in [3.63, 3.8) is 0 Å². The fourth-order valence-corrected chi connectivity index (χ4v) is 1.72. The van der Waals surface area contributed by atoms with E-state index in [9.17, 15) is 14.4 Å². The van der Waals surface area contributed by atoms with Crippen molar-refractivity contribution < 1.29 is 29.0 Å². The van der Waals surface area contributed by atoms with Crippen molar-refractivity contribution in [2.45, 2.75) is 46.0 Å². The average Bonchev–Trinajstić information content (AvgIpc) is 2.44. The molecular weight excluding hydrogens is 290 g/mol. The second kappa shape index (κ2) is 13.1. The maximum atomic E-state index is 11.3. The van der Waals surface area contributed by atoms with Gasteiger partial charge in [0.15, 0.2) is 0 Å². The maximum Gasteiger partial charge on any atom is 0.305 e. The number of ether oxygens (including phenoxy) is 2. The molecule has 0 heterocycles. The molecule has 0 bridgehead atoms. The zero-order valence-electron chi connectivity index (χ0n) is 13.5. The highest BCUT2D eigenvalue weighted by Crippen LogP contribution is 1.97. The smallest absolute Gasteiger partial charge is 0.305 e. The van der Waals surface area contributed by atoms with Crippen LogP contribution >= 0.6 is 0 Å². The first-order chi connectivity index (χ1) is 10.5. The molecule has 0 amide bonds. The van der Waals surface area contributed by atoms with Gasteiger partial charge in [0.05, 0.1) is 6.42 Å². The molecule has 0 spiro atoms. The number of nitrogens with zero attached hydrogens (tertiary/aromatic N) is 1. The quantitative estimate of drug-likeness (QED) is 0.514. The van der Waals surface area contributed by atoms with Gasteiger partial charge in [-0.25, -0.2) is 0 Å². The largest absolute Gasteiger partial charge is 0.481 e. The molecule has 0 aliphatic rings. The first-order valence-electron chi connectivity index (χ1n) is 7.75. The molecule has 0 saturated carbocycles. The van der Waals surface area contributed by atoms with Crippen LogP contribution in [-0.4, -0.2) is 60.8 Å². The number of aliphatic carboxylic acids is 1. The molecule has 7 nitrogen and oxygen atoms in total. The average molecular weight is 317 g/mol. The highest BCUT2D eigenvalue weighted by molar-refractivity contribution is 5.69. The Kier molecular flexibility index (Phi) is 12.1. The molecule has 1 N–H and O–H groups in total. The number of carbonyl (C=O) groups is 3. The highest BCUT2D eigenvalue weighted by Gasteiger charge is 2.10. The van der Waals surface area contributed by atoms with E-state index in [1.54, 1.807) is 0 Å². The molecule has 0 fully saturated rings. The minimum absolute atomic E-state index is 0.00812. The lowest BCUT2D eigenvalue weighted by atomic mass is 10.3. The van der Waals surface area contributed by atoms with Crippen LogP contribution in [0.2, 0.25) is 0 Å². The van der Waals surface area contributed by atoms with Crippen LogP contribution in [0.5, 0.6) is 0 Å². The summed E-state index contributed by atoms with van der Waals surface area (Å²) in [7, 11) is 0. The number of esters is 2. The molecule has 0 aliphatic heterocycles. The minimum Gasteiger partial charge on any atom is -0.481 e. The lowest BCUT2D eigenvalue weighted by Crippen LogP contribution is -2.34. The Morgan fingerprint density at radius 1 is 0.818 bits per heavy atom. The van der Waals surface area contributed by atoms with E-state index in [4.69, 9.17) is 14.6 Å². The Morgan fingerprint density at radius 3 is 1.64 bits per heavy atom. The third kappa shape index (κ3) is 12.1. The van der Waals surface area contributed by atoms with Gasteiger partial charge in [-0.3, -0.25) is 19.3 Å². The SMILES string of the molecule is CCCC(=O)OCCN(CCOC(=O)CCC)CCC(=O)O. The summed E-state index contributed by atoms with van der Waals surface area (Å²) in [6.45, 7) is 5.38. The van der Waals surface area contributed by atoms with Gasteiger partial charge in [0.1, 0.15) is 13.2 Å². The van der Waals surface area contributed by atoms with Crippen LogP contribution < -0.4 is 0 Å². The van der Waals surface area contributed by atoms with Crippen molar-refractivity contribution in [2.24, 2.45) is 0 Å². The molecule has 0 aromatic heterocycles. The van der Waals surface area contributed by atoms with Crippen molar-refractivity contribution in [3.8, 4) is 0 Å². The summed E-state index contributed by atoms with van der Waals surface area (Å²) in [6, 6.07) is 0.